The Bertz CT molecular complexity index is 985. The summed E-state index contributed by atoms with van der Waals surface area (Å²) >= 11 is 6.17. The Morgan fingerprint density at radius 2 is 1.96 bits per heavy atom. The Hall–Kier alpha value is -3.03. The zero-order valence-electron chi connectivity index (χ0n) is 15.0. The molecule has 144 valence electrons. The zero-order valence-corrected chi connectivity index (χ0v) is 15.8. The lowest BCUT2D eigenvalue weighted by atomic mass is 10.0. The number of anilines is 1. The summed E-state index contributed by atoms with van der Waals surface area (Å²) in [7, 11) is 1.20. The summed E-state index contributed by atoms with van der Waals surface area (Å²) in [4.78, 5) is 11.3. The van der Waals surface area contributed by atoms with Crippen LogP contribution in [0, 0.1) is 5.82 Å². The topological polar surface area (TPSA) is 90.1 Å². The molecular weight excluding hydrogens is 383 g/mol. The molecule has 0 saturated heterocycles. The van der Waals surface area contributed by atoms with Crippen LogP contribution in [0.4, 0.5) is 14.9 Å². The minimum Gasteiger partial charge on any atom is -0.453 e. The van der Waals surface area contributed by atoms with Crippen LogP contribution in [-0.4, -0.2) is 23.4 Å². The molecule has 28 heavy (non-hydrogen) atoms. The predicted octanol–water partition coefficient (Wildman–Crippen LogP) is 4.36. The van der Waals surface area contributed by atoms with Crippen molar-refractivity contribution in [2.45, 2.75) is 12.5 Å². The van der Waals surface area contributed by atoms with Gasteiger partial charge in [0, 0.05) is 5.56 Å². The molecule has 0 spiro atoms. The molecule has 8 heteroatoms. The number of hydrogen-bond acceptors (Lipinski definition) is 5. The van der Waals surface area contributed by atoms with Crippen molar-refractivity contribution in [1.82, 2.24) is 10.2 Å². The van der Waals surface area contributed by atoms with Crippen molar-refractivity contribution < 1.29 is 13.9 Å². The molecule has 2 aromatic carbocycles. The van der Waals surface area contributed by atoms with Crippen molar-refractivity contribution in [2.24, 2.45) is 5.73 Å². The van der Waals surface area contributed by atoms with Gasteiger partial charge in [-0.3, -0.25) is 5.32 Å². The number of nitrogens with two attached hydrogens (primary N) is 1. The summed E-state index contributed by atoms with van der Waals surface area (Å²) in [5.41, 5.74) is 8.86. The summed E-state index contributed by atoms with van der Waals surface area (Å²) in [5.74, 6) is -0.633. The van der Waals surface area contributed by atoms with E-state index in [0.29, 0.717) is 23.2 Å². The van der Waals surface area contributed by atoms with Crippen molar-refractivity contribution in [3.05, 3.63) is 76.8 Å². The van der Waals surface area contributed by atoms with E-state index in [9.17, 15) is 9.18 Å². The first-order valence-corrected chi connectivity index (χ1v) is 8.83. The van der Waals surface area contributed by atoms with Crippen molar-refractivity contribution in [3.63, 3.8) is 0 Å². The zero-order chi connectivity index (χ0) is 20.1. The summed E-state index contributed by atoms with van der Waals surface area (Å²) in [6.07, 6.45) is -0.183. The molecule has 1 aromatic heterocycles. The average molecular weight is 401 g/mol. The maximum Gasteiger partial charge on any atom is 0.411 e. The molecule has 1 atom stereocenters. The van der Waals surface area contributed by atoms with E-state index in [1.165, 1.54) is 19.2 Å². The van der Waals surface area contributed by atoms with Crippen molar-refractivity contribution >= 4 is 23.4 Å². The van der Waals surface area contributed by atoms with Crippen LogP contribution < -0.4 is 11.1 Å². The number of hydrogen-bond donors (Lipinski definition) is 2. The Morgan fingerprint density at radius 1 is 1.21 bits per heavy atom. The van der Waals surface area contributed by atoms with Gasteiger partial charge in [0.15, 0.2) is 5.15 Å². The number of ether oxygens (including phenoxy) is 1. The summed E-state index contributed by atoms with van der Waals surface area (Å²) in [6, 6.07) is 15.4. The van der Waals surface area contributed by atoms with Gasteiger partial charge in [-0.05, 0) is 35.7 Å². The number of carbonyl (C=O) groups is 1. The standard InChI is InChI=1S/C20H18ClFN4O2/c1-28-20(27)24-17-8-7-13(10-15(17)22)14-11-18(25-26-19(14)21)16(23)9-12-5-3-2-4-6-12/h2-8,10-11,16H,9,23H2,1H3,(H,24,27). The van der Waals surface area contributed by atoms with E-state index in [1.54, 1.807) is 12.1 Å². The number of aromatic nitrogens is 2. The number of benzene rings is 2. The highest BCUT2D eigenvalue weighted by molar-refractivity contribution is 6.32. The molecule has 6 nitrogen and oxygen atoms in total. The van der Waals surface area contributed by atoms with Gasteiger partial charge in [-0.1, -0.05) is 48.0 Å². The van der Waals surface area contributed by atoms with E-state index in [4.69, 9.17) is 17.3 Å². The molecule has 0 aliphatic carbocycles. The van der Waals surface area contributed by atoms with Gasteiger partial charge in [0.25, 0.3) is 0 Å². The van der Waals surface area contributed by atoms with E-state index < -0.39 is 18.0 Å². The third-order valence-corrected chi connectivity index (χ3v) is 4.43. The molecule has 3 rings (SSSR count). The van der Waals surface area contributed by atoms with E-state index in [-0.39, 0.29) is 10.8 Å². The molecule has 0 fully saturated rings. The smallest absolute Gasteiger partial charge is 0.411 e. The lowest BCUT2D eigenvalue weighted by Crippen LogP contribution is -2.16. The molecule has 3 aromatic rings. The van der Waals surface area contributed by atoms with Gasteiger partial charge in [0.05, 0.1) is 24.5 Å². The van der Waals surface area contributed by atoms with Crippen molar-refractivity contribution in [2.75, 3.05) is 12.4 Å². The molecule has 1 unspecified atom stereocenters. The number of amides is 1. The minimum atomic E-state index is -0.760. The lowest BCUT2D eigenvalue weighted by Gasteiger charge is -2.13. The van der Waals surface area contributed by atoms with E-state index >= 15 is 0 Å². The number of rotatable bonds is 5. The largest absolute Gasteiger partial charge is 0.453 e. The molecule has 0 bridgehead atoms. The Morgan fingerprint density at radius 3 is 2.64 bits per heavy atom. The van der Waals surface area contributed by atoms with E-state index in [0.717, 1.165) is 5.56 Å². The Labute approximate surface area is 166 Å². The summed E-state index contributed by atoms with van der Waals surface area (Å²) in [5, 5.41) is 10.5. The van der Waals surface area contributed by atoms with Gasteiger partial charge in [0.1, 0.15) is 5.82 Å². The summed E-state index contributed by atoms with van der Waals surface area (Å²) < 4.78 is 18.8. The third kappa shape index (κ3) is 4.62. The molecule has 1 heterocycles. The number of nitrogens with one attached hydrogen (secondary N) is 1. The fourth-order valence-corrected chi connectivity index (χ4v) is 2.89. The van der Waals surface area contributed by atoms with Crippen LogP contribution in [0.2, 0.25) is 5.15 Å². The first kappa shape index (κ1) is 19.7. The molecule has 0 aliphatic rings. The highest BCUT2D eigenvalue weighted by Gasteiger charge is 2.15. The number of methoxy groups -OCH3 is 1. The van der Waals surface area contributed by atoms with Gasteiger partial charge < -0.3 is 10.5 Å². The fraction of sp³-hybridized carbons (Fsp3) is 0.150. The average Bonchev–Trinajstić information content (AvgIpc) is 2.70. The first-order chi connectivity index (χ1) is 13.5. The molecular formula is C20H18ClFN4O2. The van der Waals surface area contributed by atoms with Crippen LogP contribution in [0.3, 0.4) is 0 Å². The number of halogens is 2. The second kappa shape index (κ2) is 8.77. The van der Waals surface area contributed by atoms with Gasteiger partial charge in [-0.15, -0.1) is 5.10 Å². The van der Waals surface area contributed by atoms with Crippen LogP contribution in [0.5, 0.6) is 0 Å². The maximum atomic E-state index is 14.3. The van der Waals surface area contributed by atoms with E-state index in [1.807, 2.05) is 30.3 Å². The van der Waals surface area contributed by atoms with Crippen LogP contribution in [-0.2, 0) is 11.2 Å². The lowest BCUT2D eigenvalue weighted by molar-refractivity contribution is 0.187. The maximum absolute atomic E-state index is 14.3. The van der Waals surface area contributed by atoms with Crippen molar-refractivity contribution in [3.8, 4) is 11.1 Å². The molecule has 0 aliphatic heterocycles. The van der Waals surface area contributed by atoms with Crippen LogP contribution in [0.1, 0.15) is 17.3 Å². The van der Waals surface area contributed by atoms with Gasteiger partial charge in [-0.25, -0.2) is 9.18 Å². The highest BCUT2D eigenvalue weighted by Crippen LogP contribution is 2.30. The van der Waals surface area contributed by atoms with Crippen LogP contribution in [0.15, 0.2) is 54.6 Å². The highest BCUT2D eigenvalue weighted by atomic mass is 35.5. The SMILES string of the molecule is COC(=O)Nc1ccc(-c2cc(C(N)Cc3ccccc3)nnc2Cl)cc1F. The number of carbonyl (C=O) groups excluding carboxylic acids is 1. The van der Waals surface area contributed by atoms with Gasteiger partial charge in [-0.2, -0.15) is 5.10 Å². The molecule has 0 saturated carbocycles. The van der Waals surface area contributed by atoms with Gasteiger partial charge >= 0.3 is 6.09 Å². The second-order valence-electron chi connectivity index (χ2n) is 6.08. The number of nitrogens with zero attached hydrogens (tertiary/aromatic N) is 2. The van der Waals surface area contributed by atoms with Crippen molar-refractivity contribution in [1.29, 1.82) is 0 Å². The predicted molar refractivity (Wildman–Crippen MR) is 106 cm³/mol. The van der Waals surface area contributed by atoms with Crippen LogP contribution >= 0.6 is 11.6 Å². The third-order valence-electron chi connectivity index (χ3n) is 4.15. The van der Waals surface area contributed by atoms with Gasteiger partial charge in [0.2, 0.25) is 0 Å². The molecule has 1 amide bonds. The minimum absolute atomic E-state index is 0.00487. The molecule has 3 N–H and O–H groups in total. The Balaban J connectivity index is 1.87. The van der Waals surface area contributed by atoms with E-state index in [2.05, 4.69) is 20.3 Å². The first-order valence-electron chi connectivity index (χ1n) is 8.45. The quantitative estimate of drug-likeness (QED) is 0.664. The summed E-state index contributed by atoms with van der Waals surface area (Å²) in [6.45, 7) is 0. The fourth-order valence-electron chi connectivity index (χ4n) is 2.69. The Kier molecular flexibility index (Phi) is 6.18. The monoisotopic (exact) mass is 400 g/mol. The van der Waals surface area contributed by atoms with Crippen LogP contribution in [0.25, 0.3) is 11.1 Å². The second-order valence-corrected chi connectivity index (χ2v) is 6.44. The normalized spacial score (nSPS) is 11.7. The molecule has 0 radical (unpaired) electrons.